The summed E-state index contributed by atoms with van der Waals surface area (Å²) >= 11 is 0. The van der Waals surface area contributed by atoms with Gasteiger partial charge in [0, 0.05) is 13.6 Å². The number of aromatic nitrogens is 3. The van der Waals surface area contributed by atoms with Crippen LogP contribution in [-0.2, 0) is 7.05 Å². The van der Waals surface area contributed by atoms with Crippen molar-refractivity contribution in [3.63, 3.8) is 0 Å². The molecule has 1 aromatic heterocycles. The first kappa shape index (κ1) is 14.0. The third kappa shape index (κ3) is 3.74. The highest BCUT2D eigenvalue weighted by Crippen LogP contribution is 2.09. The van der Waals surface area contributed by atoms with Gasteiger partial charge in [0.05, 0.1) is 18.8 Å². The fourth-order valence-corrected chi connectivity index (χ4v) is 2.36. The second kappa shape index (κ2) is 6.63. The number of nitrogens with one attached hydrogen (secondary N) is 1. The van der Waals surface area contributed by atoms with Gasteiger partial charge >= 0.3 is 0 Å². The molecule has 1 fully saturated rings. The molecule has 1 unspecified atom stereocenters. The van der Waals surface area contributed by atoms with Crippen LogP contribution >= 0.6 is 0 Å². The molecule has 1 aliphatic rings. The minimum absolute atomic E-state index is 0.0620. The molecule has 0 bridgehead atoms. The van der Waals surface area contributed by atoms with Crippen molar-refractivity contribution in [2.75, 3.05) is 26.2 Å². The molecule has 1 aliphatic heterocycles. The van der Waals surface area contributed by atoms with Gasteiger partial charge in [-0.05, 0) is 25.9 Å². The van der Waals surface area contributed by atoms with E-state index in [1.807, 2.05) is 0 Å². The van der Waals surface area contributed by atoms with Crippen LogP contribution in [0.1, 0.15) is 29.8 Å². The number of piperidine rings is 1. The molecule has 0 aromatic carbocycles. The maximum Gasteiger partial charge on any atom is 0.271 e. The predicted molar refractivity (Wildman–Crippen MR) is 69.6 cm³/mol. The molecule has 1 saturated heterocycles. The maximum atomic E-state index is 12.0. The minimum Gasteiger partial charge on any atom is -0.394 e. The van der Waals surface area contributed by atoms with Crippen molar-refractivity contribution in [2.45, 2.75) is 25.3 Å². The summed E-state index contributed by atoms with van der Waals surface area (Å²) in [5.74, 6) is -0.247. The smallest absolute Gasteiger partial charge is 0.271 e. The Morgan fingerprint density at radius 2 is 2.21 bits per heavy atom. The number of amides is 1. The van der Waals surface area contributed by atoms with Crippen LogP contribution in [0.2, 0.25) is 0 Å². The number of nitrogens with zero attached hydrogens (tertiary/aromatic N) is 4. The lowest BCUT2D eigenvalue weighted by Gasteiger charge is -2.30. The number of hydrogen-bond acceptors (Lipinski definition) is 5. The molecule has 1 amide bonds. The lowest BCUT2D eigenvalue weighted by Crippen LogP contribution is -2.47. The summed E-state index contributed by atoms with van der Waals surface area (Å²) < 4.78 is 1.42. The Bertz CT molecular complexity index is 414. The van der Waals surface area contributed by atoms with Crippen LogP contribution in [-0.4, -0.2) is 63.2 Å². The summed E-state index contributed by atoms with van der Waals surface area (Å²) in [5, 5.41) is 19.6. The molecule has 2 N–H and O–H groups in total. The van der Waals surface area contributed by atoms with Gasteiger partial charge in [0.1, 0.15) is 5.69 Å². The monoisotopic (exact) mass is 267 g/mol. The largest absolute Gasteiger partial charge is 0.394 e. The lowest BCUT2D eigenvalue weighted by atomic mass is 10.1. The Morgan fingerprint density at radius 3 is 2.79 bits per heavy atom. The van der Waals surface area contributed by atoms with Crippen molar-refractivity contribution in [3.8, 4) is 0 Å². The van der Waals surface area contributed by atoms with Crippen LogP contribution in [0.15, 0.2) is 6.20 Å². The Morgan fingerprint density at radius 1 is 1.47 bits per heavy atom. The average molecular weight is 267 g/mol. The number of hydrogen-bond donors (Lipinski definition) is 2. The first-order valence-corrected chi connectivity index (χ1v) is 6.69. The molecule has 7 nitrogen and oxygen atoms in total. The zero-order chi connectivity index (χ0) is 13.7. The Kier molecular flexibility index (Phi) is 4.86. The fraction of sp³-hybridized carbons (Fsp3) is 0.750. The second-order valence-corrected chi connectivity index (χ2v) is 4.96. The van der Waals surface area contributed by atoms with Gasteiger partial charge in [-0.15, -0.1) is 5.10 Å². The van der Waals surface area contributed by atoms with Crippen LogP contribution in [0.4, 0.5) is 0 Å². The SMILES string of the molecule is Cn1nncc1C(=O)NC(CO)CN1CCCCC1. The van der Waals surface area contributed by atoms with E-state index < -0.39 is 0 Å². The lowest BCUT2D eigenvalue weighted by molar-refractivity contribution is 0.0877. The summed E-state index contributed by atoms with van der Waals surface area (Å²) in [7, 11) is 1.67. The van der Waals surface area contributed by atoms with Crippen LogP contribution < -0.4 is 5.32 Å². The number of aryl methyl sites for hydroxylation is 1. The predicted octanol–water partition coefficient (Wildman–Crippen LogP) is -0.608. The molecule has 0 radical (unpaired) electrons. The van der Waals surface area contributed by atoms with Gasteiger partial charge < -0.3 is 15.3 Å². The maximum absolute atomic E-state index is 12.0. The van der Waals surface area contributed by atoms with Crippen molar-refractivity contribution < 1.29 is 9.90 Å². The van der Waals surface area contributed by atoms with Gasteiger partial charge in [0.2, 0.25) is 0 Å². The highest BCUT2D eigenvalue weighted by molar-refractivity contribution is 5.92. The van der Waals surface area contributed by atoms with Gasteiger partial charge in [-0.3, -0.25) is 4.79 Å². The molecule has 106 valence electrons. The first-order valence-electron chi connectivity index (χ1n) is 6.69. The molecule has 2 heterocycles. The normalized spacial score (nSPS) is 18.2. The van der Waals surface area contributed by atoms with Crippen molar-refractivity contribution in [1.82, 2.24) is 25.2 Å². The van der Waals surface area contributed by atoms with Gasteiger partial charge in [0.15, 0.2) is 0 Å². The number of likely N-dealkylation sites (tertiary alicyclic amines) is 1. The van der Waals surface area contributed by atoms with E-state index in [-0.39, 0.29) is 18.6 Å². The van der Waals surface area contributed by atoms with Crippen LogP contribution in [0.25, 0.3) is 0 Å². The van der Waals surface area contributed by atoms with Gasteiger partial charge in [-0.1, -0.05) is 11.6 Å². The van der Waals surface area contributed by atoms with Crippen molar-refractivity contribution in [1.29, 1.82) is 0 Å². The van der Waals surface area contributed by atoms with E-state index in [9.17, 15) is 9.90 Å². The Hall–Kier alpha value is -1.47. The fourth-order valence-electron chi connectivity index (χ4n) is 2.36. The third-order valence-electron chi connectivity index (χ3n) is 3.43. The van der Waals surface area contributed by atoms with E-state index in [0.717, 1.165) is 13.1 Å². The molecule has 1 atom stereocenters. The van der Waals surface area contributed by atoms with Crippen LogP contribution in [0.5, 0.6) is 0 Å². The molecule has 7 heteroatoms. The van der Waals surface area contributed by atoms with E-state index in [4.69, 9.17) is 0 Å². The quantitative estimate of drug-likeness (QED) is 0.744. The van der Waals surface area contributed by atoms with Crippen LogP contribution in [0, 0.1) is 0 Å². The molecule has 0 aliphatic carbocycles. The zero-order valence-electron chi connectivity index (χ0n) is 11.2. The summed E-state index contributed by atoms with van der Waals surface area (Å²) in [4.78, 5) is 14.3. The van der Waals surface area contributed by atoms with Crippen molar-refractivity contribution in [2.24, 2.45) is 7.05 Å². The number of aliphatic hydroxyl groups excluding tert-OH is 1. The minimum atomic E-state index is -0.250. The van der Waals surface area contributed by atoms with Gasteiger partial charge in [-0.25, -0.2) is 4.68 Å². The molecule has 2 rings (SSSR count). The number of carbonyl (C=O) groups excluding carboxylic acids is 1. The average Bonchev–Trinajstić information content (AvgIpc) is 2.85. The topological polar surface area (TPSA) is 83.3 Å². The van der Waals surface area contributed by atoms with Crippen molar-refractivity contribution >= 4 is 5.91 Å². The number of rotatable bonds is 5. The van der Waals surface area contributed by atoms with Crippen molar-refractivity contribution in [3.05, 3.63) is 11.9 Å². The van der Waals surface area contributed by atoms with Crippen LogP contribution in [0.3, 0.4) is 0 Å². The molecular weight excluding hydrogens is 246 g/mol. The van der Waals surface area contributed by atoms with E-state index in [2.05, 4.69) is 20.5 Å². The first-order chi connectivity index (χ1) is 9.20. The standard InChI is InChI=1S/C12H21N5O2/c1-16-11(7-13-15-16)12(19)14-10(9-18)8-17-5-3-2-4-6-17/h7,10,18H,2-6,8-9H2,1H3,(H,14,19). The highest BCUT2D eigenvalue weighted by Gasteiger charge is 2.19. The molecule has 19 heavy (non-hydrogen) atoms. The second-order valence-electron chi connectivity index (χ2n) is 4.96. The van der Waals surface area contributed by atoms with Gasteiger partial charge in [-0.2, -0.15) is 0 Å². The molecule has 1 aromatic rings. The number of carbonyl (C=O) groups is 1. The van der Waals surface area contributed by atoms with E-state index >= 15 is 0 Å². The zero-order valence-corrected chi connectivity index (χ0v) is 11.2. The summed E-state index contributed by atoms with van der Waals surface area (Å²) in [6.45, 7) is 2.71. The Labute approximate surface area is 112 Å². The summed E-state index contributed by atoms with van der Waals surface area (Å²) in [6, 6.07) is -0.250. The molecule has 0 saturated carbocycles. The van der Waals surface area contributed by atoms with Gasteiger partial charge in [0.25, 0.3) is 5.91 Å². The van der Waals surface area contributed by atoms with E-state index in [0.29, 0.717) is 12.2 Å². The summed E-state index contributed by atoms with van der Waals surface area (Å²) in [6.07, 6.45) is 5.08. The highest BCUT2D eigenvalue weighted by atomic mass is 16.3. The van der Waals surface area contributed by atoms with E-state index in [1.165, 1.54) is 30.1 Å². The molecular formula is C12H21N5O2. The summed E-state index contributed by atoms with van der Waals surface area (Å²) in [5.41, 5.74) is 0.400. The molecule has 0 spiro atoms. The number of aliphatic hydroxyl groups is 1. The third-order valence-corrected chi connectivity index (χ3v) is 3.43. The van der Waals surface area contributed by atoms with E-state index in [1.54, 1.807) is 7.05 Å². The Balaban J connectivity index is 1.88.